The summed E-state index contributed by atoms with van der Waals surface area (Å²) in [7, 11) is 0. The minimum Gasteiger partial charge on any atom is -0.191 e. The third-order valence-electron chi connectivity index (χ3n) is 0.247. The van der Waals surface area contributed by atoms with Crippen LogP contribution < -0.4 is 0 Å². The Kier molecular flexibility index (Phi) is 3.01. The topological polar surface area (TPSA) is 0 Å². The van der Waals surface area contributed by atoms with Crippen LogP contribution in [0.2, 0.25) is 0 Å². The maximum absolute atomic E-state index is 11.6. The van der Waals surface area contributed by atoms with E-state index in [0.717, 1.165) is 0 Å². The van der Waals surface area contributed by atoms with Gasteiger partial charge in [0.05, 0.1) is 0 Å². The standard InChI is InChI=1S/C2HBr2ClF2/c3-1(5)2(4,6)7/h1H. The molecule has 1 unspecified atom stereocenters. The van der Waals surface area contributed by atoms with Crippen LogP contribution in [0, 0.1) is 0 Å². The Morgan fingerprint density at radius 2 is 1.71 bits per heavy atom. The molecule has 0 aliphatic heterocycles. The van der Waals surface area contributed by atoms with Crippen LogP contribution in [0.5, 0.6) is 0 Å². The second-order valence-corrected chi connectivity index (χ2v) is 3.78. The van der Waals surface area contributed by atoms with Crippen molar-refractivity contribution < 1.29 is 8.78 Å². The first kappa shape index (κ1) is 8.11. The predicted molar refractivity (Wildman–Crippen MR) is 32.4 cm³/mol. The number of rotatable bonds is 1. The van der Waals surface area contributed by atoms with Gasteiger partial charge in [-0.2, -0.15) is 8.78 Å². The van der Waals surface area contributed by atoms with Crippen LogP contribution in [0.25, 0.3) is 0 Å². The molecule has 0 rings (SSSR count). The molecule has 0 fully saturated rings. The van der Waals surface area contributed by atoms with E-state index < -0.39 is 9.12 Å². The third-order valence-corrected chi connectivity index (χ3v) is 2.43. The van der Waals surface area contributed by atoms with E-state index in [0.29, 0.717) is 0 Å². The second-order valence-electron chi connectivity index (χ2n) is 0.842. The van der Waals surface area contributed by atoms with Gasteiger partial charge in [0.25, 0.3) is 0 Å². The number of alkyl halides is 5. The van der Waals surface area contributed by atoms with Crippen LogP contribution in [0.3, 0.4) is 0 Å². The summed E-state index contributed by atoms with van der Waals surface area (Å²) in [5, 5.41) is 0. The summed E-state index contributed by atoms with van der Waals surface area (Å²) in [6, 6.07) is 0. The van der Waals surface area contributed by atoms with Gasteiger partial charge in [0.15, 0.2) is 4.29 Å². The Morgan fingerprint density at radius 1 is 1.57 bits per heavy atom. The monoisotopic (exact) mass is 256 g/mol. The summed E-state index contributed by atoms with van der Waals surface area (Å²) in [5.41, 5.74) is 0. The van der Waals surface area contributed by atoms with Gasteiger partial charge >= 0.3 is 4.83 Å². The van der Waals surface area contributed by atoms with Crippen molar-refractivity contribution in [3.05, 3.63) is 0 Å². The van der Waals surface area contributed by atoms with Crippen molar-refractivity contribution in [1.29, 1.82) is 0 Å². The molecule has 7 heavy (non-hydrogen) atoms. The number of halogens is 5. The molecular formula is C2HBr2ClF2. The van der Waals surface area contributed by atoms with Crippen molar-refractivity contribution in [1.82, 2.24) is 0 Å². The third kappa shape index (κ3) is 3.67. The zero-order chi connectivity index (χ0) is 6.08. The zero-order valence-corrected chi connectivity index (χ0v) is 6.90. The molecule has 0 N–H and O–H groups in total. The van der Waals surface area contributed by atoms with Crippen molar-refractivity contribution >= 4 is 43.5 Å². The largest absolute Gasteiger partial charge is 0.327 e. The molecule has 5 heteroatoms. The maximum Gasteiger partial charge on any atom is 0.327 e. The molecule has 0 aliphatic carbocycles. The Hall–Kier alpha value is 1.11. The van der Waals surface area contributed by atoms with Gasteiger partial charge in [0.2, 0.25) is 0 Å². The maximum atomic E-state index is 11.6. The van der Waals surface area contributed by atoms with E-state index in [1.54, 1.807) is 0 Å². The Labute approximate surface area is 61.5 Å². The molecule has 0 nitrogen and oxygen atoms in total. The molecule has 1 atom stereocenters. The number of hydrogen-bond donors (Lipinski definition) is 0. The van der Waals surface area contributed by atoms with E-state index in [2.05, 4.69) is 15.9 Å². The van der Waals surface area contributed by atoms with E-state index >= 15 is 0 Å². The first-order valence-electron chi connectivity index (χ1n) is 1.29. The lowest BCUT2D eigenvalue weighted by Gasteiger charge is -2.06. The van der Waals surface area contributed by atoms with Gasteiger partial charge in [-0.3, -0.25) is 0 Å². The summed E-state index contributed by atoms with van der Waals surface area (Å²) in [5.74, 6) is 0. The molecule has 0 bridgehead atoms. The predicted octanol–water partition coefficient (Wildman–Crippen LogP) is 2.93. The van der Waals surface area contributed by atoms with Gasteiger partial charge in [-0.05, 0) is 15.9 Å². The summed E-state index contributed by atoms with van der Waals surface area (Å²) < 4.78 is 21.8. The second kappa shape index (κ2) is 2.60. The van der Waals surface area contributed by atoms with Crippen LogP contribution in [-0.4, -0.2) is 9.12 Å². The highest BCUT2D eigenvalue weighted by Gasteiger charge is 2.32. The molecule has 0 saturated carbocycles. The van der Waals surface area contributed by atoms with Crippen molar-refractivity contribution in [2.45, 2.75) is 9.12 Å². The fraction of sp³-hybridized carbons (Fsp3) is 1.00. The lowest BCUT2D eigenvalue weighted by molar-refractivity contribution is 0.134. The van der Waals surface area contributed by atoms with Crippen molar-refractivity contribution in [3.8, 4) is 0 Å². The van der Waals surface area contributed by atoms with Gasteiger partial charge in [0.1, 0.15) is 0 Å². The van der Waals surface area contributed by atoms with Gasteiger partial charge in [-0.25, -0.2) is 0 Å². The Morgan fingerprint density at radius 3 is 1.71 bits per heavy atom. The minimum absolute atomic E-state index is 1.33. The highest BCUT2D eigenvalue weighted by atomic mass is 79.9. The number of hydrogen-bond acceptors (Lipinski definition) is 0. The highest BCUT2D eigenvalue weighted by molar-refractivity contribution is 9.12. The normalized spacial score (nSPS) is 16.7. The van der Waals surface area contributed by atoms with Crippen LogP contribution in [0.4, 0.5) is 8.78 Å². The van der Waals surface area contributed by atoms with Crippen LogP contribution in [-0.2, 0) is 0 Å². The van der Waals surface area contributed by atoms with E-state index in [9.17, 15) is 8.78 Å². The molecular weight excluding hydrogens is 257 g/mol. The van der Waals surface area contributed by atoms with E-state index in [1.165, 1.54) is 0 Å². The minimum atomic E-state index is -3.01. The first-order valence-corrected chi connectivity index (χ1v) is 3.44. The first-order chi connectivity index (χ1) is 2.94. The van der Waals surface area contributed by atoms with E-state index in [-0.39, 0.29) is 0 Å². The van der Waals surface area contributed by atoms with E-state index in [1.807, 2.05) is 15.9 Å². The molecule has 0 saturated heterocycles. The van der Waals surface area contributed by atoms with Gasteiger partial charge in [-0.15, -0.1) is 11.6 Å². The fourth-order valence-electron chi connectivity index (χ4n) is 0. The molecule has 0 aromatic rings. The summed E-state index contributed by atoms with van der Waals surface area (Å²) >= 11 is 9.37. The average Bonchev–Trinajstić information content (AvgIpc) is 1.31. The molecule has 0 aliphatic rings. The summed E-state index contributed by atoms with van der Waals surface area (Å²) in [4.78, 5) is -3.01. The molecule has 0 aromatic carbocycles. The van der Waals surface area contributed by atoms with Crippen LogP contribution in [0.1, 0.15) is 0 Å². The van der Waals surface area contributed by atoms with Crippen LogP contribution in [0.15, 0.2) is 0 Å². The lowest BCUT2D eigenvalue weighted by atomic mass is 10.8. The molecule has 0 spiro atoms. The SMILES string of the molecule is FC(F)(Br)C(Cl)Br. The van der Waals surface area contributed by atoms with Crippen molar-refractivity contribution in [2.75, 3.05) is 0 Å². The quantitative estimate of drug-likeness (QED) is 0.634. The summed E-state index contributed by atoms with van der Waals surface area (Å²) in [6.45, 7) is 0. The van der Waals surface area contributed by atoms with Crippen molar-refractivity contribution in [3.63, 3.8) is 0 Å². The zero-order valence-electron chi connectivity index (χ0n) is 2.97. The average molecular weight is 258 g/mol. The molecule has 0 heterocycles. The van der Waals surface area contributed by atoms with Gasteiger partial charge in [-0.1, -0.05) is 15.9 Å². The molecule has 44 valence electrons. The summed E-state index contributed by atoms with van der Waals surface area (Å²) in [6.07, 6.45) is 0. The Bertz CT molecular complexity index is 59.2. The lowest BCUT2D eigenvalue weighted by Crippen LogP contribution is -2.13. The molecule has 0 aromatic heterocycles. The van der Waals surface area contributed by atoms with E-state index in [4.69, 9.17) is 11.6 Å². The molecule has 0 radical (unpaired) electrons. The van der Waals surface area contributed by atoms with Crippen molar-refractivity contribution in [2.24, 2.45) is 0 Å². The van der Waals surface area contributed by atoms with Crippen LogP contribution >= 0.6 is 43.5 Å². The Balaban J connectivity index is 3.54. The van der Waals surface area contributed by atoms with Gasteiger partial charge in [0, 0.05) is 0 Å². The highest BCUT2D eigenvalue weighted by Crippen LogP contribution is 2.33. The molecule has 0 amide bonds. The van der Waals surface area contributed by atoms with Gasteiger partial charge < -0.3 is 0 Å². The smallest absolute Gasteiger partial charge is 0.191 e. The fourth-order valence-corrected chi connectivity index (χ4v) is 0.